The molecule has 2 rings (SSSR count). The van der Waals surface area contributed by atoms with Gasteiger partial charge in [-0.3, -0.25) is 4.79 Å². The van der Waals surface area contributed by atoms with Crippen molar-refractivity contribution >= 4 is 31.9 Å². The van der Waals surface area contributed by atoms with Crippen molar-refractivity contribution in [2.24, 2.45) is 5.14 Å². The van der Waals surface area contributed by atoms with Crippen molar-refractivity contribution in [1.29, 1.82) is 0 Å². The lowest BCUT2D eigenvalue weighted by molar-refractivity contribution is -0.121. The van der Waals surface area contributed by atoms with Crippen molar-refractivity contribution in [1.82, 2.24) is 5.32 Å². The van der Waals surface area contributed by atoms with Gasteiger partial charge in [0.1, 0.15) is 10.6 Å². The second-order valence-corrected chi connectivity index (χ2v) is 7.02. The number of sulfonamides is 1. The lowest BCUT2D eigenvalue weighted by atomic mass is 10.3. The van der Waals surface area contributed by atoms with Crippen LogP contribution in [0.15, 0.2) is 27.6 Å². The molecule has 20 heavy (non-hydrogen) atoms. The first-order valence-electron chi connectivity index (χ1n) is 6.11. The molecule has 0 saturated heterocycles. The molecule has 0 aliphatic heterocycles. The highest BCUT2D eigenvalue weighted by atomic mass is 79.9. The summed E-state index contributed by atoms with van der Waals surface area (Å²) < 4.78 is 28.8. The Hall–Kier alpha value is -1.12. The van der Waals surface area contributed by atoms with E-state index in [1.165, 1.54) is 12.1 Å². The number of rotatable bonds is 6. The molecule has 1 saturated carbocycles. The molecule has 0 aromatic heterocycles. The zero-order chi connectivity index (χ0) is 14.8. The van der Waals surface area contributed by atoms with E-state index in [9.17, 15) is 13.2 Å². The number of primary sulfonamides is 1. The maximum atomic E-state index is 11.5. The molecule has 110 valence electrons. The molecule has 8 heteroatoms. The minimum atomic E-state index is -3.87. The Morgan fingerprint density at radius 1 is 1.45 bits per heavy atom. The van der Waals surface area contributed by atoms with Gasteiger partial charge in [0.15, 0.2) is 0 Å². The summed E-state index contributed by atoms with van der Waals surface area (Å²) in [7, 11) is -3.87. The van der Waals surface area contributed by atoms with E-state index in [1.807, 2.05) is 0 Å². The zero-order valence-electron chi connectivity index (χ0n) is 10.6. The van der Waals surface area contributed by atoms with Crippen LogP contribution in [0.2, 0.25) is 0 Å². The molecule has 1 aromatic rings. The monoisotopic (exact) mass is 362 g/mol. The number of carbonyl (C=O) groups excluding carboxylic acids is 1. The summed E-state index contributed by atoms with van der Waals surface area (Å²) in [5.74, 6) is 0.0525. The van der Waals surface area contributed by atoms with Crippen molar-refractivity contribution in [3.63, 3.8) is 0 Å². The quantitative estimate of drug-likeness (QED) is 0.792. The van der Waals surface area contributed by atoms with Crippen LogP contribution < -0.4 is 15.2 Å². The fourth-order valence-corrected chi connectivity index (χ4v) is 2.82. The molecule has 0 bridgehead atoms. The van der Waals surface area contributed by atoms with Crippen LogP contribution in [0.25, 0.3) is 0 Å². The van der Waals surface area contributed by atoms with Gasteiger partial charge in [-0.1, -0.05) is 15.9 Å². The predicted octanol–water partition coefficient (Wildman–Crippen LogP) is 1.14. The molecular formula is C12H15BrN2O4S. The van der Waals surface area contributed by atoms with Crippen LogP contribution in [-0.2, 0) is 14.8 Å². The van der Waals surface area contributed by atoms with Crippen LogP contribution in [0.5, 0.6) is 5.75 Å². The Labute approximate surface area is 125 Å². The zero-order valence-corrected chi connectivity index (χ0v) is 13.0. The largest absolute Gasteiger partial charge is 0.492 e. The molecule has 1 aromatic carbocycles. The molecular weight excluding hydrogens is 348 g/mol. The van der Waals surface area contributed by atoms with Gasteiger partial charge in [-0.05, 0) is 31.0 Å². The molecule has 6 nitrogen and oxygen atoms in total. The fourth-order valence-electron chi connectivity index (χ4n) is 1.60. The fraction of sp³-hybridized carbons (Fsp3) is 0.417. The van der Waals surface area contributed by atoms with Gasteiger partial charge >= 0.3 is 0 Å². The van der Waals surface area contributed by atoms with Crippen molar-refractivity contribution in [3.8, 4) is 5.75 Å². The predicted molar refractivity (Wildman–Crippen MR) is 76.8 cm³/mol. The Kier molecular flexibility index (Phi) is 4.66. The van der Waals surface area contributed by atoms with E-state index < -0.39 is 10.0 Å². The molecule has 1 aliphatic rings. The maximum Gasteiger partial charge on any atom is 0.241 e. The van der Waals surface area contributed by atoms with Gasteiger partial charge in [0.05, 0.1) is 13.0 Å². The summed E-state index contributed by atoms with van der Waals surface area (Å²) in [6, 6.07) is 4.82. The van der Waals surface area contributed by atoms with Gasteiger partial charge in [0, 0.05) is 10.5 Å². The van der Waals surface area contributed by atoms with E-state index in [1.54, 1.807) is 6.07 Å². The average molecular weight is 363 g/mol. The Morgan fingerprint density at radius 3 is 2.75 bits per heavy atom. The normalized spacial score (nSPS) is 14.9. The number of carbonyl (C=O) groups is 1. The highest BCUT2D eigenvalue weighted by Gasteiger charge is 2.23. The molecule has 1 aliphatic carbocycles. The lowest BCUT2D eigenvalue weighted by Gasteiger charge is -2.10. The van der Waals surface area contributed by atoms with E-state index in [4.69, 9.17) is 9.88 Å². The Bertz CT molecular complexity index is 614. The molecule has 1 fully saturated rings. The minimum Gasteiger partial charge on any atom is -0.492 e. The number of hydrogen-bond donors (Lipinski definition) is 2. The number of nitrogens with one attached hydrogen (secondary N) is 1. The summed E-state index contributed by atoms with van der Waals surface area (Å²) in [5, 5.41) is 7.95. The van der Waals surface area contributed by atoms with Crippen molar-refractivity contribution in [2.75, 3.05) is 6.61 Å². The topological polar surface area (TPSA) is 98.5 Å². The van der Waals surface area contributed by atoms with Crippen molar-refractivity contribution in [3.05, 3.63) is 22.7 Å². The summed E-state index contributed by atoms with van der Waals surface area (Å²) in [5.41, 5.74) is 0. The molecule has 0 spiro atoms. The number of ether oxygens (including phenoxy) is 1. The van der Waals surface area contributed by atoms with Gasteiger partial charge in [0.25, 0.3) is 0 Å². The van der Waals surface area contributed by atoms with Crippen LogP contribution >= 0.6 is 15.9 Å². The third-order valence-electron chi connectivity index (χ3n) is 2.74. The van der Waals surface area contributed by atoms with Gasteiger partial charge in [-0.2, -0.15) is 0 Å². The number of amides is 1. The summed E-state index contributed by atoms with van der Waals surface area (Å²) in [6.45, 7) is 0.0999. The molecule has 1 amide bonds. The van der Waals surface area contributed by atoms with E-state index in [2.05, 4.69) is 21.2 Å². The van der Waals surface area contributed by atoms with Gasteiger partial charge < -0.3 is 10.1 Å². The third kappa shape index (κ3) is 4.46. The van der Waals surface area contributed by atoms with E-state index >= 15 is 0 Å². The first kappa shape index (κ1) is 15.3. The standard InChI is InChI=1S/C12H15BrN2O4S/c13-8-1-4-10(11(7-8)20(14,17)18)19-6-5-12(16)15-9-2-3-9/h1,4,7,9H,2-3,5-6H2,(H,15,16)(H2,14,17,18). The van der Waals surface area contributed by atoms with Crippen molar-refractivity contribution in [2.45, 2.75) is 30.2 Å². The SMILES string of the molecule is NS(=O)(=O)c1cc(Br)ccc1OCCC(=O)NC1CC1. The maximum absolute atomic E-state index is 11.5. The van der Waals surface area contributed by atoms with Crippen LogP contribution in [0.1, 0.15) is 19.3 Å². The Balaban J connectivity index is 1.96. The lowest BCUT2D eigenvalue weighted by Crippen LogP contribution is -2.26. The van der Waals surface area contributed by atoms with Crippen LogP contribution in [0.3, 0.4) is 0 Å². The number of nitrogens with two attached hydrogens (primary N) is 1. The summed E-state index contributed by atoms with van der Waals surface area (Å²) in [4.78, 5) is 11.4. The van der Waals surface area contributed by atoms with Gasteiger partial charge in [-0.15, -0.1) is 0 Å². The second kappa shape index (κ2) is 6.11. The van der Waals surface area contributed by atoms with Gasteiger partial charge in [0.2, 0.25) is 15.9 Å². The van der Waals surface area contributed by atoms with E-state index in [0.717, 1.165) is 12.8 Å². The molecule has 0 atom stereocenters. The van der Waals surface area contributed by atoms with E-state index in [0.29, 0.717) is 10.5 Å². The first-order valence-corrected chi connectivity index (χ1v) is 8.45. The summed E-state index contributed by atoms with van der Waals surface area (Å²) in [6.07, 6.45) is 2.22. The van der Waals surface area contributed by atoms with Crippen LogP contribution in [-0.4, -0.2) is 27.0 Å². The third-order valence-corrected chi connectivity index (χ3v) is 4.17. The number of halogens is 1. The minimum absolute atomic E-state index is 0.0956. The van der Waals surface area contributed by atoms with Crippen LogP contribution in [0.4, 0.5) is 0 Å². The number of hydrogen-bond acceptors (Lipinski definition) is 4. The van der Waals surface area contributed by atoms with Gasteiger partial charge in [-0.25, -0.2) is 13.6 Å². The molecule has 0 radical (unpaired) electrons. The average Bonchev–Trinajstić information content (AvgIpc) is 3.13. The van der Waals surface area contributed by atoms with Crippen molar-refractivity contribution < 1.29 is 17.9 Å². The number of benzene rings is 1. The Morgan fingerprint density at radius 2 is 2.15 bits per heavy atom. The highest BCUT2D eigenvalue weighted by Crippen LogP contribution is 2.26. The smallest absolute Gasteiger partial charge is 0.241 e. The molecule has 0 unspecified atom stereocenters. The summed E-state index contributed by atoms with van der Waals surface area (Å²) >= 11 is 3.17. The van der Waals surface area contributed by atoms with Crippen LogP contribution in [0, 0.1) is 0 Å². The second-order valence-electron chi connectivity index (χ2n) is 4.58. The molecule has 3 N–H and O–H groups in total. The molecule has 0 heterocycles. The highest BCUT2D eigenvalue weighted by molar-refractivity contribution is 9.10. The first-order chi connectivity index (χ1) is 9.36. The van der Waals surface area contributed by atoms with E-state index in [-0.39, 0.29) is 29.6 Å².